The molecule has 11 heteroatoms. The van der Waals surface area contributed by atoms with Gasteiger partial charge in [0.25, 0.3) is 10.0 Å². The van der Waals surface area contributed by atoms with Crippen molar-refractivity contribution in [3.8, 4) is 5.75 Å². The van der Waals surface area contributed by atoms with Crippen molar-refractivity contribution in [2.24, 2.45) is 0 Å². The molecule has 0 aliphatic carbocycles. The maximum absolute atomic E-state index is 14.6. The zero-order chi connectivity index (χ0) is 34.4. The topological polar surface area (TPSA) is 96.0 Å². The number of rotatable bonds is 12. The molecular weight excluding hydrogens is 657 g/mol. The first kappa shape index (κ1) is 35.8. The Bertz CT molecular complexity index is 1810. The summed E-state index contributed by atoms with van der Waals surface area (Å²) in [6.45, 7) is 6.74. The van der Waals surface area contributed by atoms with E-state index in [1.54, 1.807) is 36.4 Å². The molecule has 0 heterocycles. The minimum Gasteiger partial charge on any atom is -0.495 e. The van der Waals surface area contributed by atoms with Gasteiger partial charge in [0, 0.05) is 23.5 Å². The van der Waals surface area contributed by atoms with Crippen molar-refractivity contribution >= 4 is 50.7 Å². The Hall–Kier alpha value is -4.05. The Balaban J connectivity index is 1.85. The number of hydrogen-bond donors (Lipinski definition) is 1. The number of sulfonamides is 1. The fourth-order valence-corrected chi connectivity index (χ4v) is 6.85. The van der Waals surface area contributed by atoms with Crippen LogP contribution in [-0.4, -0.2) is 50.4 Å². The summed E-state index contributed by atoms with van der Waals surface area (Å²) in [5.41, 5.74) is 1.85. The second kappa shape index (κ2) is 15.2. The predicted molar refractivity (Wildman–Crippen MR) is 188 cm³/mol. The molecule has 0 aromatic heterocycles. The van der Waals surface area contributed by atoms with Gasteiger partial charge in [0.15, 0.2) is 0 Å². The van der Waals surface area contributed by atoms with Gasteiger partial charge in [-0.25, -0.2) is 8.42 Å². The van der Waals surface area contributed by atoms with Crippen molar-refractivity contribution < 1.29 is 22.7 Å². The smallest absolute Gasteiger partial charge is 0.264 e. The van der Waals surface area contributed by atoms with E-state index in [4.69, 9.17) is 27.9 Å². The normalized spacial score (nSPS) is 12.2. The van der Waals surface area contributed by atoms with Crippen molar-refractivity contribution in [3.63, 3.8) is 0 Å². The minimum atomic E-state index is -4.29. The van der Waals surface area contributed by atoms with Gasteiger partial charge in [0.2, 0.25) is 11.8 Å². The maximum atomic E-state index is 14.6. The third-order valence-electron chi connectivity index (χ3n) is 7.38. The lowest BCUT2D eigenvalue weighted by atomic mass is 10.0. The van der Waals surface area contributed by atoms with Crippen LogP contribution in [0.4, 0.5) is 5.69 Å². The number of nitrogens with one attached hydrogen (secondary N) is 1. The lowest BCUT2D eigenvalue weighted by molar-refractivity contribution is -0.140. The van der Waals surface area contributed by atoms with Crippen LogP contribution in [0.15, 0.2) is 102 Å². The van der Waals surface area contributed by atoms with E-state index in [2.05, 4.69) is 5.32 Å². The third-order valence-corrected chi connectivity index (χ3v) is 9.83. The maximum Gasteiger partial charge on any atom is 0.264 e. The van der Waals surface area contributed by atoms with Crippen molar-refractivity contribution in [2.45, 2.75) is 57.1 Å². The summed E-state index contributed by atoms with van der Waals surface area (Å²) < 4.78 is 34.8. The number of aryl methyl sites for hydroxylation is 1. The van der Waals surface area contributed by atoms with Gasteiger partial charge in [-0.3, -0.25) is 13.9 Å². The van der Waals surface area contributed by atoms with Crippen LogP contribution in [-0.2, 0) is 32.6 Å². The zero-order valence-corrected chi connectivity index (χ0v) is 29.4. The Morgan fingerprint density at radius 3 is 2.11 bits per heavy atom. The number of hydrogen-bond acceptors (Lipinski definition) is 5. The Morgan fingerprint density at radius 1 is 0.872 bits per heavy atom. The quantitative estimate of drug-likeness (QED) is 0.171. The van der Waals surface area contributed by atoms with Gasteiger partial charge in [0.05, 0.1) is 22.7 Å². The Morgan fingerprint density at radius 2 is 1.51 bits per heavy atom. The van der Waals surface area contributed by atoms with Gasteiger partial charge in [-0.2, -0.15) is 0 Å². The van der Waals surface area contributed by atoms with E-state index in [-0.39, 0.29) is 34.5 Å². The summed E-state index contributed by atoms with van der Waals surface area (Å²) in [7, 11) is -2.84. The summed E-state index contributed by atoms with van der Waals surface area (Å²) in [5, 5.41) is 3.59. The fourth-order valence-electron chi connectivity index (χ4n) is 4.99. The lowest BCUT2D eigenvalue weighted by Crippen LogP contribution is -2.56. The molecule has 0 saturated carbocycles. The van der Waals surface area contributed by atoms with Gasteiger partial charge < -0.3 is 15.0 Å². The van der Waals surface area contributed by atoms with E-state index in [0.29, 0.717) is 16.3 Å². The number of carbonyl (C=O) groups excluding carboxylic acids is 2. The number of benzene rings is 4. The third kappa shape index (κ3) is 9.28. The number of anilines is 1. The summed E-state index contributed by atoms with van der Waals surface area (Å²) in [4.78, 5) is 30.0. The van der Waals surface area contributed by atoms with Crippen LogP contribution in [0.1, 0.15) is 37.5 Å². The van der Waals surface area contributed by atoms with Crippen LogP contribution in [0.2, 0.25) is 10.0 Å². The van der Waals surface area contributed by atoms with Crippen molar-refractivity contribution in [3.05, 3.63) is 124 Å². The summed E-state index contributed by atoms with van der Waals surface area (Å²) in [5.74, 6) is -0.656. The molecule has 0 bridgehead atoms. The van der Waals surface area contributed by atoms with Crippen LogP contribution in [0, 0.1) is 6.92 Å². The molecule has 4 aromatic carbocycles. The molecule has 0 radical (unpaired) electrons. The number of nitrogens with zero attached hydrogens (tertiary/aromatic N) is 2. The van der Waals surface area contributed by atoms with E-state index in [0.717, 1.165) is 15.4 Å². The molecule has 1 atom stereocenters. The molecule has 0 fully saturated rings. The standard InChI is InChI=1S/C36H39Cl2N3O5S/c1-25-15-18-29(19-16-25)47(44,45)41(28-17-20-33(46-5)31(38)22-28)24-34(42)40(23-27-13-9-10-14-30(27)37)32(35(43)39-36(2,3)4)21-26-11-7-6-8-12-26/h6-20,22,32H,21,23-24H2,1-5H3,(H,39,43)/t32-/m1/s1. The summed E-state index contributed by atoms with van der Waals surface area (Å²) in [6, 6.07) is 26.2. The molecule has 1 N–H and O–H groups in total. The second-order valence-corrected chi connectivity index (χ2v) is 14.9. The molecule has 8 nitrogen and oxygen atoms in total. The summed E-state index contributed by atoms with van der Waals surface area (Å²) >= 11 is 13.0. The number of methoxy groups -OCH3 is 1. The molecule has 0 saturated heterocycles. The zero-order valence-electron chi connectivity index (χ0n) is 27.0. The van der Waals surface area contributed by atoms with Crippen LogP contribution in [0.5, 0.6) is 5.75 Å². The highest BCUT2D eigenvalue weighted by molar-refractivity contribution is 7.92. The molecule has 0 unspecified atom stereocenters. The van der Waals surface area contributed by atoms with E-state index >= 15 is 0 Å². The molecule has 4 aromatic rings. The van der Waals surface area contributed by atoms with E-state index < -0.39 is 34.1 Å². The van der Waals surface area contributed by atoms with E-state index in [1.165, 1.54) is 42.3 Å². The molecular formula is C36H39Cl2N3O5S. The number of halogens is 2. The fraction of sp³-hybridized carbons (Fsp3) is 0.278. The van der Waals surface area contributed by atoms with Gasteiger partial charge in [-0.1, -0.05) is 89.4 Å². The molecule has 0 spiro atoms. The monoisotopic (exact) mass is 695 g/mol. The SMILES string of the molecule is COc1ccc(N(CC(=O)N(Cc2ccccc2Cl)[C@H](Cc2ccccc2)C(=O)NC(C)(C)C)S(=O)(=O)c2ccc(C)cc2)cc1Cl. The van der Waals surface area contributed by atoms with Crippen molar-refractivity contribution in [2.75, 3.05) is 18.0 Å². The van der Waals surface area contributed by atoms with Crippen LogP contribution in [0.3, 0.4) is 0 Å². The van der Waals surface area contributed by atoms with Crippen molar-refractivity contribution in [1.29, 1.82) is 0 Å². The molecule has 0 aliphatic rings. The summed E-state index contributed by atoms with van der Waals surface area (Å²) in [6.07, 6.45) is 0.179. The molecule has 0 aliphatic heterocycles. The van der Waals surface area contributed by atoms with E-state index in [1.807, 2.05) is 58.0 Å². The minimum absolute atomic E-state index is 0.00759. The molecule has 4 rings (SSSR count). The van der Waals surface area contributed by atoms with Crippen molar-refractivity contribution in [1.82, 2.24) is 10.2 Å². The average Bonchev–Trinajstić information content (AvgIpc) is 3.02. The first-order valence-corrected chi connectivity index (χ1v) is 17.2. The van der Waals surface area contributed by atoms with Gasteiger partial charge >= 0.3 is 0 Å². The largest absolute Gasteiger partial charge is 0.495 e. The molecule has 2 amide bonds. The molecule has 47 heavy (non-hydrogen) atoms. The second-order valence-electron chi connectivity index (χ2n) is 12.2. The van der Waals surface area contributed by atoms with Gasteiger partial charge in [-0.15, -0.1) is 0 Å². The highest BCUT2D eigenvalue weighted by atomic mass is 35.5. The highest BCUT2D eigenvalue weighted by Gasteiger charge is 2.36. The number of ether oxygens (including phenoxy) is 1. The van der Waals surface area contributed by atoms with Gasteiger partial charge in [0.1, 0.15) is 18.3 Å². The lowest BCUT2D eigenvalue weighted by Gasteiger charge is -2.35. The van der Waals surface area contributed by atoms with Crippen LogP contribution >= 0.6 is 23.2 Å². The van der Waals surface area contributed by atoms with Crippen LogP contribution < -0.4 is 14.4 Å². The first-order valence-electron chi connectivity index (χ1n) is 15.0. The van der Waals surface area contributed by atoms with Crippen LogP contribution in [0.25, 0.3) is 0 Å². The number of carbonyl (C=O) groups is 2. The Labute approximate surface area is 287 Å². The highest BCUT2D eigenvalue weighted by Crippen LogP contribution is 2.32. The number of amides is 2. The Kier molecular flexibility index (Phi) is 11.6. The van der Waals surface area contributed by atoms with Gasteiger partial charge in [-0.05, 0) is 75.2 Å². The molecule has 248 valence electrons. The average molecular weight is 697 g/mol. The van der Waals surface area contributed by atoms with E-state index in [9.17, 15) is 18.0 Å². The predicted octanol–water partition coefficient (Wildman–Crippen LogP) is 7.06. The first-order chi connectivity index (χ1) is 22.2.